The van der Waals surface area contributed by atoms with Crippen molar-refractivity contribution in [2.45, 2.75) is 12.8 Å². The van der Waals surface area contributed by atoms with Gasteiger partial charge in [0.2, 0.25) is 11.8 Å². The second kappa shape index (κ2) is 11.4. The summed E-state index contributed by atoms with van der Waals surface area (Å²) in [6, 6.07) is 22.9. The first kappa shape index (κ1) is 26.6. The van der Waals surface area contributed by atoms with E-state index < -0.39 is 0 Å². The van der Waals surface area contributed by atoms with Crippen LogP contribution in [0.25, 0.3) is 21.8 Å². The lowest BCUT2D eigenvalue weighted by Gasteiger charge is -2.16. The summed E-state index contributed by atoms with van der Waals surface area (Å²) in [6.07, 6.45) is 3.96. The molecule has 8 nitrogen and oxygen atoms in total. The predicted molar refractivity (Wildman–Crippen MR) is 163 cm³/mol. The lowest BCUT2D eigenvalue weighted by molar-refractivity contribution is -0.116. The zero-order valence-corrected chi connectivity index (χ0v) is 23.1. The molecule has 5 aromatic rings. The highest BCUT2D eigenvalue weighted by Crippen LogP contribution is 2.28. The lowest BCUT2D eigenvalue weighted by Crippen LogP contribution is -2.16. The highest BCUT2D eigenvalue weighted by Gasteiger charge is 2.11. The molecule has 2 aromatic heterocycles. The van der Waals surface area contributed by atoms with Gasteiger partial charge in [-0.2, -0.15) is 0 Å². The van der Waals surface area contributed by atoms with Crippen LogP contribution >= 0.6 is 0 Å². The monoisotopic (exact) mass is 532 g/mol. The van der Waals surface area contributed by atoms with E-state index in [1.165, 1.54) is 0 Å². The molecule has 5 rings (SSSR count). The van der Waals surface area contributed by atoms with Crippen molar-refractivity contribution in [3.05, 3.63) is 96.3 Å². The molecule has 0 radical (unpaired) electrons. The molecule has 8 heteroatoms. The quantitative estimate of drug-likeness (QED) is 0.283. The third-order valence-corrected chi connectivity index (χ3v) is 6.69. The number of carbonyl (C=O) groups excluding carboxylic acids is 2. The number of anilines is 4. The maximum Gasteiger partial charge on any atom is 0.228 e. The fourth-order valence-corrected chi connectivity index (χ4v) is 4.83. The Morgan fingerprint density at radius 2 is 1.07 bits per heavy atom. The van der Waals surface area contributed by atoms with E-state index in [1.54, 1.807) is 12.4 Å². The Labute approximate surface area is 233 Å². The molecule has 0 unspecified atom stereocenters. The van der Waals surface area contributed by atoms with E-state index in [9.17, 15) is 9.59 Å². The normalized spacial score (nSPS) is 10.9. The fraction of sp³-hybridized carbons (Fsp3) is 0.188. The number of amides is 2. The molecule has 2 N–H and O–H groups in total. The zero-order valence-electron chi connectivity index (χ0n) is 23.1. The number of aromatic nitrogens is 2. The predicted octanol–water partition coefficient (Wildman–Crippen LogP) is 5.28. The Morgan fingerprint density at radius 3 is 1.50 bits per heavy atom. The average Bonchev–Trinajstić information content (AvgIpc) is 2.92. The first-order chi connectivity index (χ1) is 19.3. The molecule has 40 heavy (non-hydrogen) atoms. The summed E-state index contributed by atoms with van der Waals surface area (Å²) >= 11 is 0. The van der Waals surface area contributed by atoms with Crippen molar-refractivity contribution in [1.29, 1.82) is 0 Å². The van der Waals surface area contributed by atoms with E-state index in [1.807, 2.05) is 111 Å². The van der Waals surface area contributed by atoms with Crippen LogP contribution in [0.4, 0.5) is 22.7 Å². The Morgan fingerprint density at radius 1 is 0.625 bits per heavy atom. The van der Waals surface area contributed by atoms with E-state index >= 15 is 0 Å². The van der Waals surface area contributed by atoms with Crippen molar-refractivity contribution in [1.82, 2.24) is 9.97 Å². The summed E-state index contributed by atoms with van der Waals surface area (Å²) in [5.74, 6) is -0.254. The molecule has 0 fully saturated rings. The molecule has 2 heterocycles. The van der Waals surface area contributed by atoms with E-state index in [0.717, 1.165) is 44.3 Å². The summed E-state index contributed by atoms with van der Waals surface area (Å²) in [4.78, 5) is 38.6. The molecule has 0 aliphatic heterocycles. The Hall–Kier alpha value is -4.98. The van der Waals surface area contributed by atoms with Crippen LogP contribution in [-0.4, -0.2) is 50.0 Å². The van der Waals surface area contributed by atoms with E-state index in [-0.39, 0.29) is 24.7 Å². The van der Waals surface area contributed by atoms with Gasteiger partial charge >= 0.3 is 0 Å². The number of hydrogen-bond donors (Lipinski definition) is 2. The minimum absolute atomic E-state index is 0.127. The van der Waals surface area contributed by atoms with Crippen molar-refractivity contribution in [3.8, 4) is 0 Å². The number of pyridine rings is 2. The summed E-state index contributed by atoms with van der Waals surface area (Å²) in [6.45, 7) is 0. The largest absolute Gasteiger partial charge is 0.377 e. The van der Waals surface area contributed by atoms with Gasteiger partial charge in [0.15, 0.2) is 0 Å². The summed E-state index contributed by atoms with van der Waals surface area (Å²) < 4.78 is 0. The van der Waals surface area contributed by atoms with Crippen LogP contribution in [0.15, 0.2) is 85.2 Å². The minimum Gasteiger partial charge on any atom is -0.377 e. The van der Waals surface area contributed by atoms with Crippen molar-refractivity contribution in [2.24, 2.45) is 0 Å². The molecule has 2 amide bonds. The van der Waals surface area contributed by atoms with Gasteiger partial charge in [-0.05, 0) is 59.7 Å². The van der Waals surface area contributed by atoms with Crippen LogP contribution in [0.3, 0.4) is 0 Å². The number of benzene rings is 3. The maximum absolute atomic E-state index is 12.9. The fourth-order valence-electron chi connectivity index (χ4n) is 4.83. The van der Waals surface area contributed by atoms with E-state index in [4.69, 9.17) is 0 Å². The van der Waals surface area contributed by atoms with Gasteiger partial charge in [0.25, 0.3) is 0 Å². The van der Waals surface area contributed by atoms with Gasteiger partial charge in [-0.1, -0.05) is 24.3 Å². The molecular formula is C32H32N6O2. The van der Waals surface area contributed by atoms with Gasteiger partial charge in [0.05, 0.1) is 23.9 Å². The SMILES string of the molecule is CN(C)c1ccnc2ccc(NC(=O)Cc3cccc(CC(=O)Nc4ccc5nccc(N(C)C)c5c4)c3)cc12. The van der Waals surface area contributed by atoms with Crippen molar-refractivity contribution < 1.29 is 9.59 Å². The third-order valence-electron chi connectivity index (χ3n) is 6.69. The van der Waals surface area contributed by atoms with Crippen LogP contribution in [-0.2, 0) is 22.4 Å². The van der Waals surface area contributed by atoms with Gasteiger partial charge < -0.3 is 20.4 Å². The van der Waals surface area contributed by atoms with Gasteiger partial charge in [-0.25, -0.2) is 0 Å². The minimum atomic E-state index is -0.127. The third kappa shape index (κ3) is 6.02. The number of rotatable bonds is 8. The van der Waals surface area contributed by atoms with Gasteiger partial charge in [0, 0.05) is 74.1 Å². The first-order valence-electron chi connectivity index (χ1n) is 13.1. The van der Waals surface area contributed by atoms with Crippen LogP contribution in [0.1, 0.15) is 11.1 Å². The maximum atomic E-state index is 12.9. The van der Waals surface area contributed by atoms with Gasteiger partial charge in [-0.15, -0.1) is 0 Å². The molecule has 0 aliphatic carbocycles. The second-order valence-electron chi connectivity index (χ2n) is 10.2. The molecular weight excluding hydrogens is 500 g/mol. The first-order valence-corrected chi connectivity index (χ1v) is 13.1. The molecule has 0 saturated carbocycles. The number of hydrogen-bond acceptors (Lipinski definition) is 6. The topological polar surface area (TPSA) is 90.5 Å². The molecule has 202 valence electrons. The van der Waals surface area contributed by atoms with Gasteiger partial charge in [0.1, 0.15) is 0 Å². The number of nitrogens with one attached hydrogen (secondary N) is 2. The van der Waals surface area contributed by atoms with Crippen LogP contribution < -0.4 is 20.4 Å². The Bertz CT molecular complexity index is 1590. The van der Waals surface area contributed by atoms with Crippen LogP contribution in [0.5, 0.6) is 0 Å². The van der Waals surface area contributed by atoms with E-state index in [2.05, 4.69) is 20.6 Å². The van der Waals surface area contributed by atoms with Crippen molar-refractivity contribution in [2.75, 3.05) is 48.6 Å². The number of fused-ring (bicyclic) bond motifs is 2. The highest BCUT2D eigenvalue weighted by molar-refractivity contribution is 5.99. The molecule has 3 aromatic carbocycles. The standard InChI is InChI=1S/C32H32N6O2/c1-37(2)29-12-14-33-27-10-8-23(19-25(27)29)35-31(39)17-21-6-5-7-22(16-21)18-32(40)36-24-9-11-28-26(20-24)30(38(3)4)13-15-34-28/h5-16,19-20H,17-18H2,1-4H3,(H,35,39)(H,36,40). The molecule has 0 saturated heterocycles. The van der Waals surface area contributed by atoms with Crippen molar-refractivity contribution >= 4 is 56.4 Å². The average molecular weight is 533 g/mol. The summed E-state index contributed by atoms with van der Waals surface area (Å²) in [5.41, 5.74) is 6.91. The Kier molecular flexibility index (Phi) is 7.59. The lowest BCUT2D eigenvalue weighted by atomic mass is 10.0. The smallest absolute Gasteiger partial charge is 0.228 e. The van der Waals surface area contributed by atoms with Crippen LogP contribution in [0.2, 0.25) is 0 Å². The van der Waals surface area contributed by atoms with Crippen LogP contribution in [0, 0.1) is 0 Å². The molecule has 0 bridgehead atoms. The van der Waals surface area contributed by atoms with Crippen molar-refractivity contribution in [3.63, 3.8) is 0 Å². The molecule has 0 atom stereocenters. The number of nitrogens with zero attached hydrogens (tertiary/aromatic N) is 4. The van der Waals surface area contributed by atoms with E-state index in [0.29, 0.717) is 11.4 Å². The summed E-state index contributed by atoms with van der Waals surface area (Å²) in [5, 5.41) is 7.93. The molecule has 0 aliphatic rings. The Balaban J connectivity index is 1.24. The number of carbonyl (C=O) groups is 2. The highest BCUT2D eigenvalue weighted by atomic mass is 16.2. The zero-order chi connectivity index (χ0) is 28.2. The molecule has 0 spiro atoms. The van der Waals surface area contributed by atoms with Gasteiger partial charge in [-0.3, -0.25) is 19.6 Å². The summed E-state index contributed by atoms with van der Waals surface area (Å²) in [7, 11) is 7.92. The second-order valence-corrected chi connectivity index (χ2v) is 10.2.